The number of nitrogen functional groups attached to an aromatic ring is 1. The number of nitrogens with zero attached hydrogens (tertiary/aromatic N) is 2. The predicted octanol–water partition coefficient (Wildman–Crippen LogP) is 3.26. The highest BCUT2D eigenvalue weighted by atomic mass is 35.5. The predicted molar refractivity (Wildman–Crippen MR) is 103 cm³/mol. The maximum atomic E-state index is 13.3. The number of carbonyl (C=O) groups excluding carboxylic acids is 1. The van der Waals surface area contributed by atoms with E-state index in [2.05, 4.69) is 20.6 Å². The summed E-state index contributed by atoms with van der Waals surface area (Å²) >= 11 is 5.81. The lowest BCUT2D eigenvalue weighted by Gasteiger charge is -2.13. The summed E-state index contributed by atoms with van der Waals surface area (Å²) in [5, 5.41) is 6.40. The standard InChI is InChI=1S/C18H17ClFN5O2/c1-10(26)22-4-5-27-17-8-16-12(7-15(17)21)18(24-9-23-16)25-11-2-3-14(20)13(19)6-11/h2-3,6-9H,4-5,21H2,1H3,(H,22,26)(H,23,24,25). The van der Waals surface area contributed by atoms with E-state index in [9.17, 15) is 9.18 Å². The molecule has 0 aliphatic heterocycles. The van der Waals surface area contributed by atoms with Gasteiger partial charge in [-0.05, 0) is 24.3 Å². The van der Waals surface area contributed by atoms with Crippen LogP contribution in [-0.4, -0.2) is 29.0 Å². The van der Waals surface area contributed by atoms with E-state index in [1.807, 2.05) is 0 Å². The van der Waals surface area contributed by atoms with Crippen LogP contribution in [0.4, 0.5) is 21.6 Å². The number of amides is 1. The maximum Gasteiger partial charge on any atom is 0.216 e. The Bertz CT molecular complexity index is 999. The third kappa shape index (κ3) is 4.53. The van der Waals surface area contributed by atoms with Crippen LogP contribution in [-0.2, 0) is 4.79 Å². The molecule has 9 heteroatoms. The normalized spacial score (nSPS) is 10.6. The van der Waals surface area contributed by atoms with Crippen molar-refractivity contribution in [3.63, 3.8) is 0 Å². The molecule has 140 valence electrons. The Morgan fingerprint density at radius 1 is 1.30 bits per heavy atom. The topological polar surface area (TPSA) is 102 Å². The van der Waals surface area contributed by atoms with Gasteiger partial charge < -0.3 is 21.1 Å². The van der Waals surface area contributed by atoms with Crippen molar-refractivity contribution in [1.29, 1.82) is 0 Å². The van der Waals surface area contributed by atoms with Gasteiger partial charge in [0, 0.05) is 24.1 Å². The molecule has 7 nitrogen and oxygen atoms in total. The van der Waals surface area contributed by atoms with Crippen LogP contribution in [0.2, 0.25) is 5.02 Å². The van der Waals surface area contributed by atoms with Gasteiger partial charge in [0.25, 0.3) is 0 Å². The van der Waals surface area contributed by atoms with Gasteiger partial charge in [-0.3, -0.25) is 4.79 Å². The minimum absolute atomic E-state index is 0.00716. The molecule has 0 saturated carbocycles. The van der Waals surface area contributed by atoms with Gasteiger partial charge in [-0.1, -0.05) is 11.6 Å². The molecule has 3 aromatic rings. The molecule has 0 radical (unpaired) electrons. The number of hydrogen-bond donors (Lipinski definition) is 3. The Morgan fingerprint density at radius 3 is 2.85 bits per heavy atom. The highest BCUT2D eigenvalue weighted by Gasteiger charge is 2.10. The Kier molecular flexibility index (Phi) is 5.56. The number of halogens is 2. The lowest BCUT2D eigenvalue weighted by molar-refractivity contribution is -0.119. The molecule has 1 aromatic heterocycles. The summed E-state index contributed by atoms with van der Waals surface area (Å²) in [5.74, 6) is 0.330. The third-order valence-electron chi connectivity index (χ3n) is 3.68. The first-order valence-electron chi connectivity index (χ1n) is 8.07. The highest BCUT2D eigenvalue weighted by Crippen LogP contribution is 2.31. The number of nitrogens with two attached hydrogens (primary N) is 1. The van der Waals surface area contributed by atoms with E-state index >= 15 is 0 Å². The number of fused-ring (bicyclic) bond motifs is 1. The van der Waals surface area contributed by atoms with Crippen LogP contribution in [0, 0.1) is 5.82 Å². The van der Waals surface area contributed by atoms with E-state index in [0.717, 1.165) is 0 Å². The zero-order chi connectivity index (χ0) is 19.4. The van der Waals surface area contributed by atoms with Crippen molar-refractivity contribution >= 4 is 45.6 Å². The molecule has 0 unspecified atom stereocenters. The highest BCUT2D eigenvalue weighted by molar-refractivity contribution is 6.31. The average Bonchev–Trinajstić information content (AvgIpc) is 2.62. The monoisotopic (exact) mass is 389 g/mol. The molecule has 0 bridgehead atoms. The van der Waals surface area contributed by atoms with Crippen molar-refractivity contribution in [2.45, 2.75) is 6.92 Å². The zero-order valence-corrected chi connectivity index (χ0v) is 15.2. The second-order valence-electron chi connectivity index (χ2n) is 5.71. The summed E-state index contributed by atoms with van der Waals surface area (Å²) in [4.78, 5) is 19.3. The van der Waals surface area contributed by atoms with Gasteiger partial charge in [-0.15, -0.1) is 0 Å². The van der Waals surface area contributed by atoms with Gasteiger partial charge in [0.15, 0.2) is 0 Å². The molecular formula is C18H17ClFN5O2. The van der Waals surface area contributed by atoms with Crippen LogP contribution in [0.15, 0.2) is 36.7 Å². The maximum absolute atomic E-state index is 13.3. The molecule has 0 aliphatic rings. The van der Waals surface area contributed by atoms with Crippen molar-refractivity contribution in [2.75, 3.05) is 24.2 Å². The summed E-state index contributed by atoms with van der Waals surface area (Å²) in [5.41, 5.74) is 7.67. The van der Waals surface area contributed by atoms with E-state index in [1.165, 1.54) is 25.4 Å². The summed E-state index contributed by atoms with van der Waals surface area (Å²) in [6.07, 6.45) is 1.40. The fraction of sp³-hybridized carbons (Fsp3) is 0.167. The van der Waals surface area contributed by atoms with E-state index in [1.54, 1.807) is 18.2 Å². The van der Waals surface area contributed by atoms with E-state index < -0.39 is 5.82 Å². The van der Waals surface area contributed by atoms with Gasteiger partial charge in [0.2, 0.25) is 5.91 Å². The first kappa shape index (κ1) is 18.7. The van der Waals surface area contributed by atoms with Crippen LogP contribution in [0.25, 0.3) is 10.9 Å². The van der Waals surface area contributed by atoms with Gasteiger partial charge >= 0.3 is 0 Å². The molecule has 1 amide bonds. The van der Waals surface area contributed by atoms with Crippen LogP contribution in [0.5, 0.6) is 5.75 Å². The smallest absolute Gasteiger partial charge is 0.216 e. The number of nitrogens with one attached hydrogen (secondary N) is 2. The molecule has 0 spiro atoms. The number of ether oxygens (including phenoxy) is 1. The van der Waals surface area contributed by atoms with Crippen LogP contribution >= 0.6 is 11.6 Å². The second kappa shape index (κ2) is 8.05. The van der Waals surface area contributed by atoms with Crippen LogP contribution in [0.3, 0.4) is 0 Å². The Morgan fingerprint density at radius 2 is 2.11 bits per heavy atom. The number of benzene rings is 2. The largest absolute Gasteiger partial charge is 0.490 e. The average molecular weight is 390 g/mol. The van der Waals surface area contributed by atoms with Gasteiger partial charge in [-0.2, -0.15) is 0 Å². The van der Waals surface area contributed by atoms with Crippen LogP contribution in [0.1, 0.15) is 6.92 Å². The molecule has 0 fully saturated rings. The van der Waals surface area contributed by atoms with Crippen LogP contribution < -0.4 is 21.1 Å². The third-order valence-corrected chi connectivity index (χ3v) is 3.97. The van der Waals surface area contributed by atoms with E-state index in [0.29, 0.717) is 40.4 Å². The van der Waals surface area contributed by atoms with Gasteiger partial charge in [-0.25, -0.2) is 14.4 Å². The number of carbonyl (C=O) groups is 1. The first-order valence-corrected chi connectivity index (χ1v) is 8.45. The minimum Gasteiger partial charge on any atom is -0.490 e. The second-order valence-corrected chi connectivity index (χ2v) is 6.12. The van der Waals surface area contributed by atoms with E-state index in [-0.39, 0.29) is 17.5 Å². The number of hydrogen-bond acceptors (Lipinski definition) is 6. The minimum atomic E-state index is -0.500. The molecule has 0 aliphatic carbocycles. The lowest BCUT2D eigenvalue weighted by atomic mass is 10.2. The Labute approximate surface area is 159 Å². The fourth-order valence-corrected chi connectivity index (χ4v) is 2.60. The molecule has 1 heterocycles. The number of anilines is 3. The Hall–Kier alpha value is -3.13. The van der Waals surface area contributed by atoms with Gasteiger partial charge in [0.1, 0.15) is 30.3 Å². The zero-order valence-electron chi connectivity index (χ0n) is 14.4. The van der Waals surface area contributed by atoms with E-state index in [4.69, 9.17) is 22.1 Å². The summed E-state index contributed by atoms with van der Waals surface area (Å²) in [6.45, 7) is 2.08. The number of rotatable bonds is 6. The Balaban J connectivity index is 1.84. The molecule has 2 aromatic carbocycles. The van der Waals surface area contributed by atoms with Crippen molar-refractivity contribution < 1.29 is 13.9 Å². The quantitative estimate of drug-likeness (QED) is 0.441. The fourth-order valence-electron chi connectivity index (χ4n) is 2.42. The number of aromatic nitrogens is 2. The summed E-state index contributed by atoms with van der Waals surface area (Å²) in [7, 11) is 0. The molecule has 0 saturated heterocycles. The molecule has 3 rings (SSSR count). The first-order chi connectivity index (χ1) is 12.9. The molecular weight excluding hydrogens is 373 g/mol. The lowest BCUT2D eigenvalue weighted by Crippen LogP contribution is -2.25. The van der Waals surface area contributed by atoms with Gasteiger partial charge in [0.05, 0.1) is 22.8 Å². The van der Waals surface area contributed by atoms with Crippen molar-refractivity contribution in [1.82, 2.24) is 15.3 Å². The van der Waals surface area contributed by atoms with Crippen molar-refractivity contribution in [3.8, 4) is 5.75 Å². The summed E-state index contributed by atoms with van der Waals surface area (Å²) in [6, 6.07) is 7.68. The summed E-state index contributed by atoms with van der Waals surface area (Å²) < 4.78 is 18.9. The molecule has 27 heavy (non-hydrogen) atoms. The molecule has 4 N–H and O–H groups in total. The van der Waals surface area contributed by atoms with Crippen molar-refractivity contribution in [3.05, 3.63) is 47.5 Å². The van der Waals surface area contributed by atoms with Crippen molar-refractivity contribution in [2.24, 2.45) is 0 Å². The molecule has 0 atom stereocenters. The SMILES string of the molecule is CC(=O)NCCOc1cc2ncnc(Nc3ccc(F)c(Cl)c3)c2cc1N.